The molecule has 1 N–H and O–H groups in total. The van der Waals surface area contributed by atoms with Gasteiger partial charge in [-0.2, -0.15) is 0 Å². The summed E-state index contributed by atoms with van der Waals surface area (Å²) in [6, 6.07) is 7.58. The highest BCUT2D eigenvalue weighted by Gasteiger charge is 2.35. The average Bonchev–Trinajstić information content (AvgIpc) is 2.91. The second-order valence-electron chi connectivity index (χ2n) is 6.51. The molecule has 0 spiro atoms. The summed E-state index contributed by atoms with van der Waals surface area (Å²) in [6.45, 7) is 2.39. The van der Waals surface area contributed by atoms with E-state index in [1.807, 2.05) is 24.3 Å². The zero-order chi connectivity index (χ0) is 16.8. The van der Waals surface area contributed by atoms with Crippen LogP contribution in [-0.2, 0) is 13.0 Å². The lowest BCUT2D eigenvalue weighted by atomic mass is 9.92. The Bertz CT molecular complexity index is 836. The van der Waals surface area contributed by atoms with Crippen molar-refractivity contribution in [2.75, 3.05) is 6.54 Å². The Morgan fingerprint density at radius 3 is 2.92 bits per heavy atom. The second kappa shape index (κ2) is 5.60. The molecule has 0 radical (unpaired) electrons. The normalized spacial score (nSPS) is 19.8. The summed E-state index contributed by atoms with van der Waals surface area (Å²) in [7, 11) is 0. The van der Waals surface area contributed by atoms with E-state index in [2.05, 4.69) is 0 Å². The third kappa shape index (κ3) is 2.27. The number of aliphatic hydroxyl groups excluding tert-OH is 1. The monoisotopic (exact) mass is 325 g/mol. The number of β-amino-alcohol motifs (C(OH)–C–C–N with tert-alkyl or cyclic N) is 1. The highest BCUT2D eigenvalue weighted by molar-refractivity contribution is 6.10. The summed E-state index contributed by atoms with van der Waals surface area (Å²) in [6.07, 6.45) is 1.21. The van der Waals surface area contributed by atoms with E-state index in [-0.39, 0.29) is 18.2 Å². The van der Waals surface area contributed by atoms with Gasteiger partial charge in [0, 0.05) is 19.4 Å². The molecule has 0 fully saturated rings. The molecular weight excluding hydrogens is 306 g/mol. The number of Topliss-reactive ketones (excluding diaryl/α,β-unsaturated/α-hetero) is 1. The van der Waals surface area contributed by atoms with Gasteiger partial charge in [-0.1, -0.05) is 24.3 Å². The minimum absolute atomic E-state index is 0.0191. The van der Waals surface area contributed by atoms with Crippen LogP contribution >= 0.6 is 0 Å². The van der Waals surface area contributed by atoms with Gasteiger partial charge in [0.25, 0.3) is 5.91 Å². The van der Waals surface area contributed by atoms with Crippen LogP contribution in [0.2, 0.25) is 0 Å². The number of rotatable bonds is 1. The minimum atomic E-state index is -0.711. The van der Waals surface area contributed by atoms with Crippen LogP contribution in [0.5, 0.6) is 0 Å². The molecule has 0 saturated carbocycles. The highest BCUT2D eigenvalue weighted by atomic mass is 16.3. The van der Waals surface area contributed by atoms with E-state index >= 15 is 0 Å². The molecule has 0 bridgehead atoms. The molecule has 2 aliphatic rings. The van der Waals surface area contributed by atoms with E-state index in [0.717, 1.165) is 17.5 Å². The maximum absolute atomic E-state index is 13.1. The number of hydrogen-bond acceptors (Lipinski definition) is 4. The lowest BCUT2D eigenvalue weighted by Gasteiger charge is -2.32. The van der Waals surface area contributed by atoms with Crippen LogP contribution in [0.4, 0.5) is 0 Å². The van der Waals surface area contributed by atoms with Crippen molar-refractivity contribution in [3.05, 3.63) is 58.0 Å². The van der Waals surface area contributed by atoms with Crippen LogP contribution in [0, 0.1) is 6.92 Å². The van der Waals surface area contributed by atoms with Crippen molar-refractivity contribution in [2.45, 2.75) is 38.8 Å². The van der Waals surface area contributed by atoms with Crippen LogP contribution in [0.3, 0.4) is 0 Å². The molecule has 1 aromatic carbocycles. The Morgan fingerprint density at radius 2 is 2.08 bits per heavy atom. The van der Waals surface area contributed by atoms with Gasteiger partial charge in [0.1, 0.15) is 11.5 Å². The molecule has 5 heteroatoms. The molecule has 2 aromatic rings. The Balaban J connectivity index is 1.71. The third-order valence-electron chi connectivity index (χ3n) is 4.91. The number of furan rings is 1. The molecule has 1 amide bonds. The number of hydrogen-bond donors (Lipinski definition) is 1. The molecule has 1 atom stereocenters. The average molecular weight is 325 g/mol. The van der Waals surface area contributed by atoms with Crippen LogP contribution in [0.1, 0.15) is 62.3 Å². The lowest BCUT2D eigenvalue weighted by molar-refractivity contribution is 0.0546. The lowest BCUT2D eigenvalue weighted by Crippen LogP contribution is -2.39. The first kappa shape index (κ1) is 15.1. The third-order valence-corrected chi connectivity index (χ3v) is 4.91. The van der Waals surface area contributed by atoms with Gasteiger partial charge < -0.3 is 14.4 Å². The Kier molecular flexibility index (Phi) is 3.53. The fourth-order valence-electron chi connectivity index (χ4n) is 3.76. The molecule has 4 rings (SSSR count). The standard InChI is InChI=1S/C19H19NO4/c1-11-17(18-14(21)7-4-8-16(18)24-11)19(23)20-9-12-5-2-3-6-13(12)15(22)10-20/h2-3,5-6,15,22H,4,7-10H2,1H3/t15-/m0/s1. The fourth-order valence-corrected chi connectivity index (χ4v) is 3.76. The molecular formula is C19H19NO4. The number of amides is 1. The van der Waals surface area contributed by atoms with Crippen molar-refractivity contribution in [1.82, 2.24) is 4.90 Å². The van der Waals surface area contributed by atoms with Gasteiger partial charge in [-0.15, -0.1) is 0 Å². The van der Waals surface area contributed by atoms with E-state index in [1.54, 1.807) is 11.8 Å². The molecule has 0 saturated heterocycles. The molecule has 24 heavy (non-hydrogen) atoms. The number of aliphatic hydroxyl groups is 1. The van der Waals surface area contributed by atoms with Crippen LogP contribution in [-0.4, -0.2) is 28.2 Å². The Labute approximate surface area is 139 Å². The van der Waals surface area contributed by atoms with Crippen molar-refractivity contribution < 1.29 is 19.1 Å². The highest BCUT2D eigenvalue weighted by Crippen LogP contribution is 2.33. The zero-order valence-corrected chi connectivity index (χ0v) is 13.5. The largest absolute Gasteiger partial charge is 0.465 e. The predicted molar refractivity (Wildman–Crippen MR) is 86.9 cm³/mol. The predicted octanol–water partition coefficient (Wildman–Crippen LogP) is 2.80. The van der Waals surface area contributed by atoms with Gasteiger partial charge in [0.15, 0.2) is 5.78 Å². The van der Waals surface area contributed by atoms with Gasteiger partial charge in [0.05, 0.1) is 23.8 Å². The van der Waals surface area contributed by atoms with Crippen molar-refractivity contribution in [2.24, 2.45) is 0 Å². The fraction of sp³-hybridized carbons (Fsp3) is 0.368. The van der Waals surface area contributed by atoms with Crippen molar-refractivity contribution in [3.8, 4) is 0 Å². The van der Waals surface area contributed by atoms with Crippen molar-refractivity contribution in [1.29, 1.82) is 0 Å². The number of ketones is 1. The first-order valence-electron chi connectivity index (χ1n) is 8.27. The summed E-state index contributed by atoms with van der Waals surface area (Å²) in [4.78, 5) is 27.0. The molecule has 2 heterocycles. The number of benzene rings is 1. The van der Waals surface area contributed by atoms with E-state index in [9.17, 15) is 14.7 Å². The Hall–Kier alpha value is -2.40. The maximum atomic E-state index is 13.1. The summed E-state index contributed by atoms with van der Waals surface area (Å²) >= 11 is 0. The number of aryl methyl sites for hydroxylation is 2. The molecule has 5 nitrogen and oxygen atoms in total. The number of nitrogens with zero attached hydrogens (tertiary/aromatic N) is 1. The van der Waals surface area contributed by atoms with Gasteiger partial charge in [0.2, 0.25) is 0 Å². The molecule has 1 aliphatic carbocycles. The molecule has 0 unspecified atom stereocenters. The first-order valence-corrected chi connectivity index (χ1v) is 8.27. The van der Waals surface area contributed by atoms with Gasteiger partial charge in [-0.05, 0) is 24.5 Å². The maximum Gasteiger partial charge on any atom is 0.258 e. The molecule has 1 aromatic heterocycles. The first-order chi connectivity index (χ1) is 11.6. The zero-order valence-electron chi connectivity index (χ0n) is 13.5. The minimum Gasteiger partial charge on any atom is -0.465 e. The number of fused-ring (bicyclic) bond motifs is 2. The topological polar surface area (TPSA) is 70.8 Å². The van der Waals surface area contributed by atoms with Gasteiger partial charge in [-0.25, -0.2) is 0 Å². The summed E-state index contributed by atoms with van der Waals surface area (Å²) < 4.78 is 5.68. The van der Waals surface area contributed by atoms with E-state index < -0.39 is 6.10 Å². The van der Waals surface area contributed by atoms with Crippen molar-refractivity contribution >= 4 is 11.7 Å². The van der Waals surface area contributed by atoms with Crippen LogP contribution < -0.4 is 0 Å². The summed E-state index contributed by atoms with van der Waals surface area (Å²) in [5, 5.41) is 10.4. The van der Waals surface area contributed by atoms with Crippen LogP contribution in [0.15, 0.2) is 28.7 Å². The van der Waals surface area contributed by atoms with E-state index in [1.165, 1.54) is 0 Å². The van der Waals surface area contributed by atoms with Crippen molar-refractivity contribution in [3.63, 3.8) is 0 Å². The summed E-state index contributed by atoms with van der Waals surface area (Å²) in [5.74, 6) is 0.870. The van der Waals surface area contributed by atoms with Gasteiger partial charge >= 0.3 is 0 Å². The Morgan fingerprint density at radius 1 is 1.29 bits per heavy atom. The summed E-state index contributed by atoms with van der Waals surface area (Å²) in [5.41, 5.74) is 2.63. The quantitative estimate of drug-likeness (QED) is 0.875. The smallest absolute Gasteiger partial charge is 0.258 e. The van der Waals surface area contributed by atoms with E-state index in [4.69, 9.17) is 4.42 Å². The molecule has 1 aliphatic heterocycles. The van der Waals surface area contributed by atoms with Crippen LogP contribution in [0.25, 0.3) is 0 Å². The SMILES string of the molecule is Cc1oc2c(c1C(=O)N1Cc3ccccc3[C@@H](O)C1)C(=O)CCC2. The van der Waals surface area contributed by atoms with Gasteiger partial charge in [-0.3, -0.25) is 9.59 Å². The number of carbonyl (C=O) groups excluding carboxylic acids is 2. The second-order valence-corrected chi connectivity index (χ2v) is 6.51. The number of carbonyl (C=O) groups is 2. The molecule has 124 valence electrons. The van der Waals surface area contributed by atoms with E-state index in [0.29, 0.717) is 42.0 Å².